The van der Waals surface area contributed by atoms with Gasteiger partial charge in [-0.3, -0.25) is 4.79 Å². The summed E-state index contributed by atoms with van der Waals surface area (Å²) in [7, 11) is 0. The predicted molar refractivity (Wildman–Crippen MR) is 56.9 cm³/mol. The van der Waals surface area contributed by atoms with Crippen molar-refractivity contribution in [2.75, 3.05) is 12.4 Å². The van der Waals surface area contributed by atoms with E-state index in [1.165, 1.54) is 0 Å². The van der Waals surface area contributed by atoms with E-state index in [0.717, 1.165) is 0 Å². The van der Waals surface area contributed by atoms with Crippen LogP contribution in [0.3, 0.4) is 0 Å². The summed E-state index contributed by atoms with van der Waals surface area (Å²) < 4.78 is 0.111. The van der Waals surface area contributed by atoms with Crippen LogP contribution in [0.4, 0.5) is 0 Å². The van der Waals surface area contributed by atoms with Gasteiger partial charge in [-0.2, -0.15) is 0 Å². The fourth-order valence-electron chi connectivity index (χ4n) is 0.644. The third kappa shape index (κ3) is 8.12. The molecule has 0 aromatic carbocycles. The lowest BCUT2D eigenvalue weighted by Gasteiger charge is -2.18. The lowest BCUT2D eigenvalue weighted by Crippen LogP contribution is -2.36. The van der Waals surface area contributed by atoms with E-state index in [4.69, 9.17) is 5.11 Å². The van der Waals surface area contributed by atoms with Gasteiger partial charge in [0.05, 0.1) is 12.4 Å². The molecule has 13 heavy (non-hydrogen) atoms. The molecule has 1 atom stereocenters. The zero-order chi connectivity index (χ0) is 10.5. The number of carbonyl (C=O) groups excluding carboxylic acids is 1. The smallest absolute Gasteiger partial charge is 0.230 e. The molecule has 0 aromatic heterocycles. The number of hydrogen-bond donors (Lipinski definition) is 2. The summed E-state index contributed by atoms with van der Waals surface area (Å²) in [6.07, 6.45) is 0. The Hall–Kier alpha value is -0.220. The van der Waals surface area contributed by atoms with E-state index in [-0.39, 0.29) is 23.3 Å². The normalized spacial score (nSPS) is 13.9. The summed E-state index contributed by atoms with van der Waals surface area (Å²) in [5.41, 5.74) is 0. The molecular weight excluding hydrogens is 186 g/mol. The number of aliphatic hydroxyl groups is 1. The highest BCUT2D eigenvalue weighted by molar-refractivity contribution is 8.01. The van der Waals surface area contributed by atoms with E-state index in [9.17, 15) is 4.79 Å². The summed E-state index contributed by atoms with van der Waals surface area (Å²) in [5.74, 6) is 0.440. The minimum absolute atomic E-state index is 0.00801. The minimum atomic E-state index is -0.145. The van der Waals surface area contributed by atoms with Crippen LogP contribution in [0.1, 0.15) is 27.7 Å². The van der Waals surface area contributed by atoms with E-state index >= 15 is 0 Å². The van der Waals surface area contributed by atoms with Gasteiger partial charge in [-0.15, -0.1) is 11.8 Å². The first-order chi connectivity index (χ1) is 5.85. The summed E-state index contributed by atoms with van der Waals surface area (Å²) in [5, 5.41) is 11.4. The van der Waals surface area contributed by atoms with Gasteiger partial charge >= 0.3 is 0 Å². The number of carbonyl (C=O) groups is 1. The second-order valence-electron chi connectivity index (χ2n) is 4.05. The number of thioether (sulfide) groups is 1. The van der Waals surface area contributed by atoms with Crippen LogP contribution in [0.15, 0.2) is 0 Å². The summed E-state index contributed by atoms with van der Waals surface area (Å²) >= 11 is 1.60. The van der Waals surface area contributed by atoms with Gasteiger partial charge in [-0.25, -0.2) is 0 Å². The molecule has 1 amide bonds. The molecule has 0 fully saturated rings. The van der Waals surface area contributed by atoms with E-state index in [2.05, 4.69) is 26.1 Å². The first kappa shape index (κ1) is 12.8. The first-order valence-electron chi connectivity index (χ1n) is 4.39. The second-order valence-corrected chi connectivity index (χ2v) is 5.85. The number of rotatable bonds is 4. The number of hydrogen-bond acceptors (Lipinski definition) is 3. The molecule has 0 radical (unpaired) electrons. The SMILES string of the molecule is C[C@H](CO)NC(=O)CSC(C)(C)C. The molecule has 0 rings (SSSR count). The van der Waals surface area contributed by atoms with Crippen LogP contribution in [0.25, 0.3) is 0 Å². The molecule has 0 saturated heterocycles. The Morgan fingerprint density at radius 2 is 2.08 bits per heavy atom. The van der Waals surface area contributed by atoms with E-state index < -0.39 is 0 Å². The van der Waals surface area contributed by atoms with Gasteiger partial charge in [-0.1, -0.05) is 20.8 Å². The van der Waals surface area contributed by atoms with Gasteiger partial charge in [0.25, 0.3) is 0 Å². The van der Waals surface area contributed by atoms with Crippen LogP contribution in [-0.2, 0) is 4.79 Å². The van der Waals surface area contributed by atoms with Crippen LogP contribution in [0.5, 0.6) is 0 Å². The molecule has 0 aliphatic carbocycles. The fourth-order valence-corrected chi connectivity index (χ4v) is 1.29. The Kier molecular flexibility index (Phi) is 5.40. The Bertz CT molecular complexity index is 165. The molecule has 78 valence electrons. The van der Waals surface area contributed by atoms with Gasteiger partial charge < -0.3 is 10.4 Å². The lowest BCUT2D eigenvalue weighted by molar-refractivity contribution is -0.119. The van der Waals surface area contributed by atoms with Crippen molar-refractivity contribution in [3.05, 3.63) is 0 Å². The molecule has 0 saturated carbocycles. The number of amides is 1. The zero-order valence-corrected chi connectivity index (χ0v) is 9.57. The van der Waals surface area contributed by atoms with Gasteiger partial charge in [0.2, 0.25) is 5.91 Å². The third-order valence-corrected chi connectivity index (χ3v) is 2.59. The fraction of sp³-hybridized carbons (Fsp3) is 0.889. The number of nitrogens with one attached hydrogen (secondary N) is 1. The van der Waals surface area contributed by atoms with Gasteiger partial charge in [0.15, 0.2) is 0 Å². The maximum Gasteiger partial charge on any atom is 0.230 e. The highest BCUT2D eigenvalue weighted by Crippen LogP contribution is 2.22. The van der Waals surface area contributed by atoms with Gasteiger partial charge in [0.1, 0.15) is 0 Å². The maximum atomic E-state index is 11.2. The largest absolute Gasteiger partial charge is 0.394 e. The molecule has 0 heterocycles. The molecule has 0 spiro atoms. The molecule has 4 heteroatoms. The topological polar surface area (TPSA) is 49.3 Å². The minimum Gasteiger partial charge on any atom is -0.394 e. The van der Waals surface area contributed by atoms with Crippen molar-refractivity contribution in [1.82, 2.24) is 5.32 Å². The standard InChI is InChI=1S/C9H19NO2S/c1-7(5-11)10-8(12)6-13-9(2,3)4/h7,11H,5-6H2,1-4H3,(H,10,12)/t7-/m1/s1. The van der Waals surface area contributed by atoms with Crippen molar-refractivity contribution < 1.29 is 9.90 Å². The van der Waals surface area contributed by atoms with Gasteiger partial charge in [-0.05, 0) is 6.92 Å². The summed E-state index contributed by atoms with van der Waals surface area (Å²) in [6, 6.07) is -0.145. The average Bonchev–Trinajstić information content (AvgIpc) is 1.99. The lowest BCUT2D eigenvalue weighted by atomic mass is 10.3. The van der Waals surface area contributed by atoms with Crippen molar-refractivity contribution in [1.29, 1.82) is 0 Å². The average molecular weight is 205 g/mol. The monoisotopic (exact) mass is 205 g/mol. The second kappa shape index (κ2) is 5.50. The molecule has 0 unspecified atom stereocenters. The molecule has 3 nitrogen and oxygen atoms in total. The third-order valence-electron chi connectivity index (χ3n) is 1.32. The van der Waals surface area contributed by atoms with E-state index in [1.54, 1.807) is 18.7 Å². The molecule has 0 aliphatic heterocycles. The van der Waals surface area contributed by atoms with Crippen molar-refractivity contribution in [2.45, 2.75) is 38.5 Å². The first-order valence-corrected chi connectivity index (χ1v) is 5.38. The summed E-state index contributed by atoms with van der Waals surface area (Å²) in [4.78, 5) is 11.2. The molecule has 2 N–H and O–H groups in total. The predicted octanol–water partition coefficient (Wildman–Crippen LogP) is 1.02. The van der Waals surface area contributed by atoms with Crippen LogP contribution in [-0.4, -0.2) is 34.2 Å². The van der Waals surface area contributed by atoms with Crippen LogP contribution < -0.4 is 5.32 Å². The zero-order valence-electron chi connectivity index (χ0n) is 8.76. The Labute approximate surface area is 84.3 Å². The van der Waals surface area contributed by atoms with Crippen molar-refractivity contribution >= 4 is 17.7 Å². The Morgan fingerprint density at radius 3 is 2.46 bits per heavy atom. The molecule has 0 aromatic rings. The van der Waals surface area contributed by atoms with Gasteiger partial charge in [0, 0.05) is 10.8 Å². The van der Waals surface area contributed by atoms with Crippen molar-refractivity contribution in [3.8, 4) is 0 Å². The van der Waals surface area contributed by atoms with Crippen LogP contribution in [0.2, 0.25) is 0 Å². The maximum absolute atomic E-state index is 11.2. The highest BCUT2D eigenvalue weighted by atomic mass is 32.2. The quantitative estimate of drug-likeness (QED) is 0.720. The van der Waals surface area contributed by atoms with E-state index in [1.807, 2.05) is 0 Å². The van der Waals surface area contributed by atoms with Crippen LogP contribution >= 0.6 is 11.8 Å². The molecule has 0 aliphatic rings. The van der Waals surface area contributed by atoms with Crippen molar-refractivity contribution in [2.24, 2.45) is 0 Å². The Balaban J connectivity index is 3.64. The Morgan fingerprint density at radius 1 is 1.54 bits per heavy atom. The molecule has 0 bridgehead atoms. The molecular formula is C9H19NO2S. The van der Waals surface area contributed by atoms with E-state index in [0.29, 0.717) is 5.75 Å². The van der Waals surface area contributed by atoms with Crippen molar-refractivity contribution in [3.63, 3.8) is 0 Å². The number of aliphatic hydroxyl groups excluding tert-OH is 1. The summed E-state index contributed by atoms with van der Waals surface area (Å²) in [6.45, 7) is 7.98. The highest BCUT2D eigenvalue weighted by Gasteiger charge is 2.14. The van der Waals surface area contributed by atoms with Crippen LogP contribution in [0, 0.1) is 0 Å².